The van der Waals surface area contributed by atoms with Crippen LogP contribution in [-0.2, 0) is 4.74 Å². The second-order valence-corrected chi connectivity index (χ2v) is 3.29. The molecule has 0 saturated heterocycles. The molecule has 0 radical (unpaired) electrons. The third-order valence-electron chi connectivity index (χ3n) is 2.16. The first-order valence-electron chi connectivity index (χ1n) is 5.03. The molecule has 0 saturated carbocycles. The maximum Gasteiger partial charge on any atom is 0.118 e. The van der Waals surface area contributed by atoms with E-state index in [-0.39, 0.29) is 6.10 Å². The van der Waals surface area contributed by atoms with Crippen LogP contribution in [0, 0.1) is 0 Å². The van der Waals surface area contributed by atoms with Crippen LogP contribution in [0.3, 0.4) is 0 Å². The van der Waals surface area contributed by atoms with Gasteiger partial charge in [-0.1, -0.05) is 19.1 Å². The SMILES string of the molecule is CCCOC(C)c1ccc(OC)cc1. The Balaban J connectivity index is 2.57. The molecule has 2 nitrogen and oxygen atoms in total. The third kappa shape index (κ3) is 3.04. The molecule has 0 heterocycles. The Morgan fingerprint density at radius 1 is 1.21 bits per heavy atom. The van der Waals surface area contributed by atoms with Crippen LogP contribution >= 0.6 is 0 Å². The van der Waals surface area contributed by atoms with Gasteiger partial charge in [0.2, 0.25) is 0 Å². The van der Waals surface area contributed by atoms with Crippen molar-refractivity contribution in [2.75, 3.05) is 13.7 Å². The predicted octanol–water partition coefficient (Wildman–Crippen LogP) is 3.18. The fraction of sp³-hybridized carbons (Fsp3) is 0.500. The third-order valence-corrected chi connectivity index (χ3v) is 2.16. The molecular formula is C12H18O2. The first kappa shape index (κ1) is 11.1. The second-order valence-electron chi connectivity index (χ2n) is 3.29. The molecule has 0 aromatic heterocycles. The molecule has 0 aliphatic heterocycles. The second kappa shape index (κ2) is 5.66. The van der Waals surface area contributed by atoms with E-state index in [2.05, 4.69) is 13.8 Å². The van der Waals surface area contributed by atoms with Crippen molar-refractivity contribution in [2.45, 2.75) is 26.4 Å². The quantitative estimate of drug-likeness (QED) is 0.716. The Morgan fingerprint density at radius 3 is 2.36 bits per heavy atom. The fourth-order valence-corrected chi connectivity index (χ4v) is 1.27. The standard InChI is InChI=1S/C12H18O2/c1-4-9-14-10(2)11-5-7-12(13-3)8-6-11/h5-8,10H,4,9H2,1-3H3. The van der Waals surface area contributed by atoms with Crippen LogP contribution in [-0.4, -0.2) is 13.7 Å². The summed E-state index contributed by atoms with van der Waals surface area (Å²) in [6, 6.07) is 8.00. The summed E-state index contributed by atoms with van der Waals surface area (Å²) in [5.41, 5.74) is 1.19. The van der Waals surface area contributed by atoms with Crippen LogP contribution in [0.15, 0.2) is 24.3 Å². The highest BCUT2D eigenvalue weighted by atomic mass is 16.5. The monoisotopic (exact) mass is 194 g/mol. The Hall–Kier alpha value is -1.02. The van der Waals surface area contributed by atoms with Gasteiger partial charge in [0.1, 0.15) is 5.75 Å². The normalized spacial score (nSPS) is 12.5. The molecule has 1 rings (SSSR count). The molecule has 2 heteroatoms. The van der Waals surface area contributed by atoms with Crippen molar-refractivity contribution in [2.24, 2.45) is 0 Å². The number of methoxy groups -OCH3 is 1. The van der Waals surface area contributed by atoms with Crippen molar-refractivity contribution in [3.63, 3.8) is 0 Å². The first-order chi connectivity index (χ1) is 6.77. The smallest absolute Gasteiger partial charge is 0.118 e. The van der Waals surface area contributed by atoms with Crippen molar-refractivity contribution in [3.8, 4) is 5.75 Å². The molecule has 1 atom stereocenters. The highest BCUT2D eigenvalue weighted by Gasteiger charge is 2.04. The van der Waals surface area contributed by atoms with Gasteiger partial charge in [0.15, 0.2) is 0 Å². The van der Waals surface area contributed by atoms with E-state index in [0.717, 1.165) is 18.8 Å². The lowest BCUT2D eigenvalue weighted by Gasteiger charge is -2.12. The molecule has 14 heavy (non-hydrogen) atoms. The van der Waals surface area contributed by atoms with E-state index >= 15 is 0 Å². The van der Waals surface area contributed by atoms with E-state index in [4.69, 9.17) is 9.47 Å². The highest BCUT2D eigenvalue weighted by Crippen LogP contribution is 2.19. The summed E-state index contributed by atoms with van der Waals surface area (Å²) in [5.74, 6) is 0.886. The van der Waals surface area contributed by atoms with Gasteiger partial charge in [-0.2, -0.15) is 0 Å². The lowest BCUT2D eigenvalue weighted by Crippen LogP contribution is -2.00. The van der Waals surface area contributed by atoms with Crippen LogP contribution in [0.25, 0.3) is 0 Å². The average Bonchev–Trinajstić information content (AvgIpc) is 2.26. The Kier molecular flexibility index (Phi) is 4.47. The average molecular weight is 194 g/mol. The molecule has 0 bridgehead atoms. The van der Waals surface area contributed by atoms with E-state index < -0.39 is 0 Å². The maximum absolute atomic E-state index is 5.61. The summed E-state index contributed by atoms with van der Waals surface area (Å²) in [6.07, 6.45) is 1.22. The first-order valence-corrected chi connectivity index (χ1v) is 5.03. The summed E-state index contributed by atoms with van der Waals surface area (Å²) < 4.78 is 10.7. The van der Waals surface area contributed by atoms with Crippen molar-refractivity contribution in [3.05, 3.63) is 29.8 Å². The Morgan fingerprint density at radius 2 is 1.86 bits per heavy atom. The van der Waals surface area contributed by atoms with Gasteiger partial charge in [0.25, 0.3) is 0 Å². The molecule has 78 valence electrons. The molecule has 1 unspecified atom stereocenters. The van der Waals surface area contributed by atoms with E-state index in [0.29, 0.717) is 0 Å². The minimum atomic E-state index is 0.167. The number of hydrogen-bond donors (Lipinski definition) is 0. The van der Waals surface area contributed by atoms with Gasteiger partial charge >= 0.3 is 0 Å². The van der Waals surface area contributed by atoms with Crippen LogP contribution in [0.5, 0.6) is 5.75 Å². The van der Waals surface area contributed by atoms with Crippen molar-refractivity contribution < 1.29 is 9.47 Å². The predicted molar refractivity (Wildman–Crippen MR) is 57.7 cm³/mol. The molecular weight excluding hydrogens is 176 g/mol. The zero-order chi connectivity index (χ0) is 10.4. The van der Waals surface area contributed by atoms with Gasteiger partial charge in [0, 0.05) is 6.61 Å². The number of hydrogen-bond acceptors (Lipinski definition) is 2. The van der Waals surface area contributed by atoms with Crippen LogP contribution < -0.4 is 4.74 Å². The van der Waals surface area contributed by atoms with Crippen molar-refractivity contribution >= 4 is 0 Å². The largest absolute Gasteiger partial charge is 0.497 e. The van der Waals surface area contributed by atoms with Crippen LogP contribution in [0.1, 0.15) is 31.9 Å². The van der Waals surface area contributed by atoms with E-state index in [1.807, 2.05) is 24.3 Å². The zero-order valence-corrected chi connectivity index (χ0v) is 9.12. The molecule has 0 aliphatic carbocycles. The number of rotatable bonds is 5. The van der Waals surface area contributed by atoms with Crippen LogP contribution in [0.4, 0.5) is 0 Å². The fourth-order valence-electron chi connectivity index (χ4n) is 1.27. The minimum Gasteiger partial charge on any atom is -0.497 e. The zero-order valence-electron chi connectivity index (χ0n) is 9.12. The number of ether oxygens (including phenoxy) is 2. The molecule has 0 fully saturated rings. The van der Waals surface area contributed by atoms with Crippen molar-refractivity contribution in [1.29, 1.82) is 0 Å². The van der Waals surface area contributed by atoms with Gasteiger partial charge in [-0.05, 0) is 31.0 Å². The summed E-state index contributed by atoms with van der Waals surface area (Å²) in [6.45, 7) is 4.99. The van der Waals surface area contributed by atoms with Gasteiger partial charge in [-0.15, -0.1) is 0 Å². The Bertz CT molecular complexity index is 254. The molecule has 0 spiro atoms. The summed E-state index contributed by atoms with van der Waals surface area (Å²) in [5, 5.41) is 0. The number of benzene rings is 1. The maximum atomic E-state index is 5.61. The molecule has 0 aliphatic rings. The van der Waals surface area contributed by atoms with Gasteiger partial charge in [-0.25, -0.2) is 0 Å². The van der Waals surface area contributed by atoms with Gasteiger partial charge in [0.05, 0.1) is 13.2 Å². The highest BCUT2D eigenvalue weighted by molar-refractivity contribution is 5.28. The van der Waals surface area contributed by atoms with Crippen molar-refractivity contribution in [1.82, 2.24) is 0 Å². The Labute approximate surface area is 85.8 Å². The van der Waals surface area contributed by atoms with Crippen LogP contribution in [0.2, 0.25) is 0 Å². The van der Waals surface area contributed by atoms with E-state index in [1.54, 1.807) is 7.11 Å². The summed E-state index contributed by atoms with van der Waals surface area (Å²) in [4.78, 5) is 0. The molecule has 1 aromatic rings. The lowest BCUT2D eigenvalue weighted by molar-refractivity contribution is 0.0662. The van der Waals surface area contributed by atoms with Gasteiger partial charge < -0.3 is 9.47 Å². The molecule has 0 amide bonds. The van der Waals surface area contributed by atoms with Gasteiger partial charge in [-0.3, -0.25) is 0 Å². The summed E-state index contributed by atoms with van der Waals surface area (Å²) >= 11 is 0. The van der Waals surface area contributed by atoms with E-state index in [1.165, 1.54) is 5.56 Å². The topological polar surface area (TPSA) is 18.5 Å². The van der Waals surface area contributed by atoms with E-state index in [9.17, 15) is 0 Å². The summed E-state index contributed by atoms with van der Waals surface area (Å²) in [7, 11) is 1.67. The molecule has 0 N–H and O–H groups in total. The molecule has 1 aromatic carbocycles. The lowest BCUT2D eigenvalue weighted by atomic mass is 10.1. The minimum absolute atomic E-state index is 0.167.